The summed E-state index contributed by atoms with van der Waals surface area (Å²) in [6.07, 6.45) is 0. The Bertz CT molecular complexity index is 939. The van der Waals surface area contributed by atoms with Gasteiger partial charge in [0, 0.05) is 25.7 Å². The second-order valence-electron chi connectivity index (χ2n) is 6.49. The number of hydrogen-bond donors (Lipinski definition) is 1. The highest BCUT2D eigenvalue weighted by atomic mass is 32.2. The number of amides is 1. The fourth-order valence-corrected chi connectivity index (χ4v) is 4.02. The van der Waals surface area contributed by atoms with E-state index >= 15 is 0 Å². The third-order valence-electron chi connectivity index (χ3n) is 4.39. The number of benzene rings is 2. The zero-order valence-electron chi connectivity index (χ0n) is 16.4. The Morgan fingerprint density at radius 1 is 1.11 bits per heavy atom. The fraction of sp³-hybridized carbons (Fsp3) is 0.350. The summed E-state index contributed by atoms with van der Waals surface area (Å²) in [5.74, 6) is 0.149. The standard InChI is InChI=1S/C20H26N2O4S/c1-14-7-6-8-18(11-14)22(17(4)23)10-9-21-27(24,25)20-13-16(3)15(2)12-19(20)26-5/h6-8,11-13,21H,9-10H2,1-5H3. The first-order valence-electron chi connectivity index (χ1n) is 8.65. The van der Waals surface area contributed by atoms with Crippen molar-refractivity contribution in [3.63, 3.8) is 0 Å². The minimum atomic E-state index is -3.77. The normalized spacial score (nSPS) is 11.3. The third-order valence-corrected chi connectivity index (χ3v) is 5.87. The summed E-state index contributed by atoms with van der Waals surface area (Å²) in [5.41, 5.74) is 3.58. The van der Waals surface area contributed by atoms with E-state index in [2.05, 4.69) is 4.72 Å². The maximum absolute atomic E-state index is 12.7. The van der Waals surface area contributed by atoms with Gasteiger partial charge in [-0.2, -0.15) is 0 Å². The maximum Gasteiger partial charge on any atom is 0.244 e. The van der Waals surface area contributed by atoms with E-state index in [1.54, 1.807) is 17.0 Å². The number of anilines is 1. The molecule has 0 saturated carbocycles. The molecule has 0 saturated heterocycles. The second-order valence-corrected chi connectivity index (χ2v) is 8.23. The molecule has 0 fully saturated rings. The van der Waals surface area contributed by atoms with E-state index in [1.165, 1.54) is 14.0 Å². The van der Waals surface area contributed by atoms with Crippen LogP contribution in [0.2, 0.25) is 0 Å². The van der Waals surface area contributed by atoms with Crippen LogP contribution in [0, 0.1) is 20.8 Å². The predicted octanol–water partition coefficient (Wildman–Crippen LogP) is 2.95. The minimum Gasteiger partial charge on any atom is -0.495 e. The van der Waals surface area contributed by atoms with Gasteiger partial charge in [0.2, 0.25) is 15.9 Å². The number of rotatable bonds is 7. The molecule has 0 bridgehead atoms. The topological polar surface area (TPSA) is 75.7 Å². The number of sulfonamides is 1. The van der Waals surface area contributed by atoms with E-state index in [1.807, 2.05) is 45.0 Å². The SMILES string of the molecule is COc1cc(C)c(C)cc1S(=O)(=O)NCCN(C(C)=O)c1cccc(C)c1. The molecular weight excluding hydrogens is 364 g/mol. The van der Waals surface area contributed by atoms with Gasteiger partial charge in [-0.3, -0.25) is 4.79 Å². The van der Waals surface area contributed by atoms with Crippen LogP contribution in [0.1, 0.15) is 23.6 Å². The smallest absolute Gasteiger partial charge is 0.244 e. The predicted molar refractivity (Wildman–Crippen MR) is 107 cm³/mol. The van der Waals surface area contributed by atoms with E-state index in [9.17, 15) is 13.2 Å². The van der Waals surface area contributed by atoms with Gasteiger partial charge in [0.15, 0.2) is 0 Å². The molecule has 1 N–H and O–H groups in total. The van der Waals surface area contributed by atoms with Crippen LogP contribution in [-0.4, -0.2) is 34.5 Å². The molecule has 7 heteroatoms. The molecular formula is C20H26N2O4S. The summed E-state index contributed by atoms with van der Waals surface area (Å²) in [7, 11) is -2.32. The van der Waals surface area contributed by atoms with Crippen LogP contribution in [-0.2, 0) is 14.8 Å². The van der Waals surface area contributed by atoms with Crippen LogP contribution >= 0.6 is 0 Å². The quantitative estimate of drug-likeness (QED) is 0.789. The summed E-state index contributed by atoms with van der Waals surface area (Å²) in [5, 5.41) is 0. The molecule has 0 spiro atoms. The van der Waals surface area contributed by atoms with E-state index in [0.717, 1.165) is 22.4 Å². The minimum absolute atomic E-state index is 0.0892. The highest BCUT2D eigenvalue weighted by Crippen LogP contribution is 2.27. The van der Waals surface area contributed by atoms with Crippen molar-refractivity contribution < 1.29 is 17.9 Å². The molecule has 2 aromatic rings. The summed E-state index contributed by atoms with van der Waals surface area (Å²) in [6, 6.07) is 10.8. The molecule has 2 rings (SSSR count). The highest BCUT2D eigenvalue weighted by Gasteiger charge is 2.21. The van der Waals surface area contributed by atoms with Crippen LogP contribution in [0.25, 0.3) is 0 Å². The number of ether oxygens (including phenoxy) is 1. The van der Waals surface area contributed by atoms with Crippen molar-refractivity contribution in [3.05, 3.63) is 53.1 Å². The summed E-state index contributed by atoms with van der Waals surface area (Å²) < 4.78 is 33.2. The molecule has 2 aromatic carbocycles. The van der Waals surface area contributed by atoms with Crippen LogP contribution < -0.4 is 14.4 Å². The number of hydrogen-bond acceptors (Lipinski definition) is 4. The Balaban J connectivity index is 2.17. The molecule has 0 radical (unpaired) electrons. The summed E-state index contributed by atoms with van der Waals surface area (Å²) in [4.78, 5) is 13.6. The van der Waals surface area contributed by atoms with Gasteiger partial charge in [-0.05, 0) is 61.7 Å². The lowest BCUT2D eigenvalue weighted by Gasteiger charge is -2.22. The zero-order chi connectivity index (χ0) is 20.2. The molecule has 0 heterocycles. The largest absolute Gasteiger partial charge is 0.495 e. The summed E-state index contributed by atoms with van der Waals surface area (Å²) in [6.45, 7) is 7.47. The Hall–Kier alpha value is -2.38. The van der Waals surface area contributed by atoms with Crippen LogP contribution in [0.15, 0.2) is 41.3 Å². The van der Waals surface area contributed by atoms with Gasteiger partial charge in [-0.15, -0.1) is 0 Å². The molecule has 0 unspecified atom stereocenters. The van der Waals surface area contributed by atoms with Crippen molar-refractivity contribution in [2.24, 2.45) is 0 Å². The zero-order valence-corrected chi connectivity index (χ0v) is 17.2. The number of methoxy groups -OCH3 is 1. The molecule has 0 atom stereocenters. The van der Waals surface area contributed by atoms with Crippen molar-refractivity contribution in [3.8, 4) is 5.75 Å². The van der Waals surface area contributed by atoms with Crippen LogP contribution in [0.4, 0.5) is 5.69 Å². The average Bonchev–Trinajstić information content (AvgIpc) is 2.60. The molecule has 27 heavy (non-hydrogen) atoms. The van der Waals surface area contributed by atoms with Gasteiger partial charge in [-0.1, -0.05) is 12.1 Å². The maximum atomic E-state index is 12.7. The molecule has 0 aromatic heterocycles. The first-order chi connectivity index (χ1) is 12.7. The molecule has 0 aliphatic carbocycles. The van der Waals surface area contributed by atoms with Gasteiger partial charge in [-0.25, -0.2) is 13.1 Å². The lowest BCUT2D eigenvalue weighted by atomic mass is 10.1. The summed E-state index contributed by atoms with van der Waals surface area (Å²) >= 11 is 0. The molecule has 0 aliphatic heterocycles. The fourth-order valence-electron chi connectivity index (χ4n) is 2.77. The molecule has 6 nitrogen and oxygen atoms in total. The Kier molecular flexibility index (Phi) is 6.62. The number of nitrogens with zero attached hydrogens (tertiary/aromatic N) is 1. The number of carbonyl (C=O) groups excluding carboxylic acids is 1. The van der Waals surface area contributed by atoms with Crippen LogP contribution in [0.5, 0.6) is 5.75 Å². The first kappa shape index (κ1) is 20.9. The number of nitrogens with one attached hydrogen (secondary N) is 1. The van der Waals surface area contributed by atoms with E-state index in [4.69, 9.17) is 4.74 Å². The Morgan fingerprint density at radius 2 is 1.78 bits per heavy atom. The van der Waals surface area contributed by atoms with Crippen LogP contribution in [0.3, 0.4) is 0 Å². The van der Waals surface area contributed by atoms with Crippen molar-refractivity contribution in [2.45, 2.75) is 32.6 Å². The monoisotopic (exact) mass is 390 g/mol. The first-order valence-corrected chi connectivity index (χ1v) is 10.1. The van der Waals surface area contributed by atoms with Crippen molar-refractivity contribution in [2.75, 3.05) is 25.1 Å². The van der Waals surface area contributed by atoms with Crippen molar-refractivity contribution in [1.29, 1.82) is 0 Å². The molecule has 1 amide bonds. The van der Waals surface area contributed by atoms with E-state index in [-0.39, 0.29) is 23.9 Å². The van der Waals surface area contributed by atoms with Crippen molar-refractivity contribution >= 4 is 21.6 Å². The van der Waals surface area contributed by atoms with Gasteiger partial charge in [0.05, 0.1) is 7.11 Å². The third kappa shape index (κ3) is 5.08. The number of carbonyl (C=O) groups is 1. The van der Waals surface area contributed by atoms with Crippen molar-refractivity contribution in [1.82, 2.24) is 4.72 Å². The van der Waals surface area contributed by atoms with Gasteiger partial charge in [0.25, 0.3) is 0 Å². The van der Waals surface area contributed by atoms with E-state index < -0.39 is 10.0 Å². The average molecular weight is 391 g/mol. The van der Waals surface area contributed by atoms with Gasteiger partial charge >= 0.3 is 0 Å². The Labute approximate surface area is 161 Å². The van der Waals surface area contributed by atoms with E-state index in [0.29, 0.717) is 5.75 Å². The lowest BCUT2D eigenvalue weighted by Crippen LogP contribution is -2.37. The molecule has 146 valence electrons. The Morgan fingerprint density at radius 3 is 2.37 bits per heavy atom. The van der Waals surface area contributed by atoms with Gasteiger partial charge in [0.1, 0.15) is 10.6 Å². The van der Waals surface area contributed by atoms with Gasteiger partial charge < -0.3 is 9.64 Å². The highest BCUT2D eigenvalue weighted by molar-refractivity contribution is 7.89. The second kappa shape index (κ2) is 8.54. The molecule has 0 aliphatic rings. The number of aryl methyl sites for hydroxylation is 3. The lowest BCUT2D eigenvalue weighted by molar-refractivity contribution is -0.116.